The lowest BCUT2D eigenvalue weighted by Gasteiger charge is -2.38. The summed E-state index contributed by atoms with van der Waals surface area (Å²) in [4.78, 5) is 29.8. The summed E-state index contributed by atoms with van der Waals surface area (Å²) in [5, 5.41) is 15.7. The lowest BCUT2D eigenvalue weighted by atomic mass is 9.95. The quantitative estimate of drug-likeness (QED) is 0.488. The Morgan fingerprint density at radius 1 is 0.949 bits per heavy atom. The maximum atomic E-state index is 13.6. The molecule has 1 aliphatic carbocycles. The highest BCUT2D eigenvalue weighted by Crippen LogP contribution is 2.34. The minimum atomic E-state index is -4.79. The van der Waals surface area contributed by atoms with Gasteiger partial charge in [-0.3, -0.25) is 9.59 Å². The molecule has 1 aliphatic heterocycles. The maximum absolute atomic E-state index is 13.6. The van der Waals surface area contributed by atoms with Crippen molar-refractivity contribution in [3.05, 3.63) is 72.1 Å². The van der Waals surface area contributed by atoms with E-state index in [1.54, 1.807) is 54.6 Å². The van der Waals surface area contributed by atoms with Crippen LogP contribution in [0.1, 0.15) is 35.3 Å². The van der Waals surface area contributed by atoms with E-state index in [4.69, 9.17) is 0 Å². The van der Waals surface area contributed by atoms with Gasteiger partial charge in [0.15, 0.2) is 5.69 Å². The molecule has 1 aromatic heterocycles. The number of aromatic nitrogens is 2. The molecular formula is C28H30F3N5O3. The fraction of sp³-hybridized carbons (Fsp3) is 0.393. The molecule has 0 spiro atoms. The third kappa shape index (κ3) is 5.78. The lowest BCUT2D eigenvalue weighted by molar-refractivity contribution is -0.141. The number of aliphatic hydroxyl groups is 1. The van der Waals surface area contributed by atoms with E-state index >= 15 is 0 Å². The van der Waals surface area contributed by atoms with Crippen LogP contribution in [0, 0.1) is 11.8 Å². The van der Waals surface area contributed by atoms with Crippen LogP contribution in [-0.4, -0.2) is 64.4 Å². The first-order valence-electron chi connectivity index (χ1n) is 13.0. The summed E-state index contributed by atoms with van der Waals surface area (Å²) in [5.41, 5.74) is -0.168. The van der Waals surface area contributed by atoms with Gasteiger partial charge < -0.3 is 20.2 Å². The van der Waals surface area contributed by atoms with Crippen molar-refractivity contribution in [2.75, 3.05) is 43.0 Å². The number of nitrogens with zero attached hydrogens (tertiary/aromatic N) is 4. The molecule has 39 heavy (non-hydrogen) atoms. The normalized spacial score (nSPS) is 19.8. The molecule has 2 aliphatic rings. The van der Waals surface area contributed by atoms with E-state index in [1.165, 1.54) is 0 Å². The predicted molar refractivity (Wildman–Crippen MR) is 140 cm³/mol. The number of piperazine rings is 1. The molecule has 2 amide bonds. The van der Waals surface area contributed by atoms with Crippen LogP contribution in [0.25, 0.3) is 5.69 Å². The molecule has 5 rings (SSSR count). The Morgan fingerprint density at radius 2 is 1.64 bits per heavy atom. The number of amides is 2. The van der Waals surface area contributed by atoms with Gasteiger partial charge in [0.25, 0.3) is 5.91 Å². The summed E-state index contributed by atoms with van der Waals surface area (Å²) in [6.45, 7) is 2.49. The van der Waals surface area contributed by atoms with Gasteiger partial charge in [0, 0.05) is 56.3 Å². The van der Waals surface area contributed by atoms with Gasteiger partial charge in [0.2, 0.25) is 5.91 Å². The van der Waals surface area contributed by atoms with E-state index in [2.05, 4.69) is 15.3 Å². The van der Waals surface area contributed by atoms with Crippen LogP contribution in [0.15, 0.2) is 60.8 Å². The Hall–Kier alpha value is -3.86. The Bertz CT molecular complexity index is 1300. The molecule has 8 nitrogen and oxygen atoms in total. The third-order valence-corrected chi connectivity index (χ3v) is 7.54. The van der Waals surface area contributed by atoms with E-state index in [1.807, 2.05) is 4.90 Å². The topological polar surface area (TPSA) is 90.7 Å². The Labute approximate surface area is 224 Å². The smallest absolute Gasteiger partial charge is 0.396 e. The number of hydrogen-bond donors (Lipinski definition) is 2. The number of alkyl halides is 3. The second-order valence-corrected chi connectivity index (χ2v) is 9.96. The number of aliphatic hydroxyl groups excluding tert-OH is 1. The number of carbonyl (C=O) groups excluding carboxylic acids is 2. The van der Waals surface area contributed by atoms with Crippen LogP contribution in [0.4, 0.5) is 24.5 Å². The SMILES string of the molecule is O=C(Nc1ccc(N2CCN(C(=O)[C@H]3CCC[C@@H]3CO)CC2)cc1)c1cn(-c2ccccc2)nc1C(F)(F)F. The van der Waals surface area contributed by atoms with Gasteiger partial charge in [-0.1, -0.05) is 24.6 Å². The molecule has 2 fully saturated rings. The molecule has 0 bridgehead atoms. The average Bonchev–Trinajstić information content (AvgIpc) is 3.62. The van der Waals surface area contributed by atoms with E-state index in [-0.39, 0.29) is 24.3 Å². The van der Waals surface area contributed by atoms with E-state index in [9.17, 15) is 27.9 Å². The monoisotopic (exact) mass is 541 g/mol. The standard InChI is InChI=1S/C28H30F3N5O3/c29-28(30,31)25-24(17-36(33-25)22-6-2-1-3-7-22)26(38)32-20-9-11-21(12-10-20)34-13-15-35(16-14-34)27(39)23-8-4-5-19(23)18-37/h1-3,6-7,9-12,17,19,23,37H,4-5,8,13-16,18H2,(H,32,38)/t19-,23+/m1/s1. The molecule has 2 atom stereocenters. The van der Waals surface area contributed by atoms with E-state index in [0.29, 0.717) is 37.6 Å². The average molecular weight is 542 g/mol. The van der Waals surface area contributed by atoms with Crippen LogP contribution in [0.2, 0.25) is 0 Å². The van der Waals surface area contributed by atoms with Crippen molar-refractivity contribution < 1.29 is 27.9 Å². The molecule has 0 radical (unpaired) electrons. The number of benzene rings is 2. The molecular weight excluding hydrogens is 511 g/mol. The zero-order valence-electron chi connectivity index (χ0n) is 21.3. The first-order chi connectivity index (χ1) is 18.7. The number of carbonyl (C=O) groups is 2. The molecule has 1 saturated carbocycles. The fourth-order valence-electron chi connectivity index (χ4n) is 5.42. The lowest BCUT2D eigenvalue weighted by Crippen LogP contribution is -2.51. The first-order valence-corrected chi connectivity index (χ1v) is 13.0. The summed E-state index contributed by atoms with van der Waals surface area (Å²) in [6.07, 6.45) is -1.02. The van der Waals surface area contributed by atoms with Gasteiger partial charge in [-0.2, -0.15) is 18.3 Å². The fourth-order valence-corrected chi connectivity index (χ4v) is 5.42. The minimum Gasteiger partial charge on any atom is -0.396 e. The van der Waals surface area contributed by atoms with Gasteiger partial charge in [0.05, 0.1) is 11.3 Å². The Morgan fingerprint density at radius 3 is 2.28 bits per heavy atom. The molecule has 206 valence electrons. The Kier molecular flexibility index (Phi) is 7.60. The molecule has 2 N–H and O–H groups in total. The van der Waals surface area contributed by atoms with Crippen molar-refractivity contribution in [1.82, 2.24) is 14.7 Å². The second-order valence-electron chi connectivity index (χ2n) is 9.96. The highest BCUT2D eigenvalue weighted by Gasteiger charge is 2.39. The third-order valence-electron chi connectivity index (χ3n) is 7.54. The Balaban J connectivity index is 1.22. The zero-order chi connectivity index (χ0) is 27.6. The van der Waals surface area contributed by atoms with E-state index in [0.717, 1.165) is 35.8 Å². The highest BCUT2D eigenvalue weighted by atomic mass is 19.4. The summed E-state index contributed by atoms with van der Waals surface area (Å²) in [6, 6.07) is 15.2. The van der Waals surface area contributed by atoms with Crippen LogP contribution < -0.4 is 10.2 Å². The van der Waals surface area contributed by atoms with Crippen molar-refractivity contribution >= 4 is 23.2 Å². The number of anilines is 2. The maximum Gasteiger partial charge on any atom is 0.435 e. The first kappa shape index (κ1) is 26.7. The molecule has 2 heterocycles. The van der Waals surface area contributed by atoms with Gasteiger partial charge in [0.1, 0.15) is 0 Å². The van der Waals surface area contributed by atoms with Gasteiger partial charge >= 0.3 is 6.18 Å². The van der Waals surface area contributed by atoms with Crippen LogP contribution in [0.5, 0.6) is 0 Å². The number of rotatable bonds is 6. The predicted octanol–water partition coefficient (Wildman–Crippen LogP) is 4.20. The highest BCUT2D eigenvalue weighted by molar-refractivity contribution is 6.05. The zero-order valence-corrected chi connectivity index (χ0v) is 21.3. The summed E-state index contributed by atoms with van der Waals surface area (Å²) >= 11 is 0. The summed E-state index contributed by atoms with van der Waals surface area (Å²) in [5.74, 6) is -0.823. The summed E-state index contributed by atoms with van der Waals surface area (Å²) in [7, 11) is 0. The molecule has 3 aromatic rings. The number of halogens is 3. The van der Waals surface area contributed by atoms with Gasteiger partial charge in [-0.15, -0.1) is 0 Å². The number of hydrogen-bond acceptors (Lipinski definition) is 5. The molecule has 11 heteroatoms. The van der Waals surface area contributed by atoms with Crippen molar-refractivity contribution in [3.8, 4) is 5.69 Å². The number of nitrogens with one attached hydrogen (secondary N) is 1. The molecule has 2 aromatic carbocycles. The largest absolute Gasteiger partial charge is 0.435 e. The van der Waals surface area contributed by atoms with Gasteiger partial charge in [-0.05, 0) is 55.2 Å². The van der Waals surface area contributed by atoms with Crippen molar-refractivity contribution in [2.24, 2.45) is 11.8 Å². The minimum absolute atomic E-state index is 0.0478. The molecule has 1 saturated heterocycles. The van der Waals surface area contributed by atoms with Crippen LogP contribution >= 0.6 is 0 Å². The van der Waals surface area contributed by atoms with Crippen molar-refractivity contribution in [2.45, 2.75) is 25.4 Å². The van der Waals surface area contributed by atoms with Crippen molar-refractivity contribution in [1.29, 1.82) is 0 Å². The number of para-hydroxylation sites is 1. The van der Waals surface area contributed by atoms with Crippen molar-refractivity contribution in [3.63, 3.8) is 0 Å². The molecule has 0 unspecified atom stereocenters. The van der Waals surface area contributed by atoms with Crippen LogP contribution in [-0.2, 0) is 11.0 Å². The second kappa shape index (κ2) is 11.1. The van der Waals surface area contributed by atoms with Gasteiger partial charge in [-0.25, -0.2) is 4.68 Å². The summed E-state index contributed by atoms with van der Waals surface area (Å²) < 4.78 is 42.0. The van der Waals surface area contributed by atoms with Crippen LogP contribution in [0.3, 0.4) is 0 Å². The van der Waals surface area contributed by atoms with E-state index < -0.39 is 23.3 Å².